The standard InChI is InChI=1S/C19H38N2/c1-4-18-8-15-21(16-9-18)19-10-13-20(14-11-19)12-6-5-7-17(2)3/h17-19H,4-16H2,1-3H3. The van der Waals surface area contributed by atoms with E-state index in [0.717, 1.165) is 17.9 Å². The van der Waals surface area contributed by atoms with Crippen molar-refractivity contribution in [2.75, 3.05) is 32.7 Å². The Balaban J connectivity index is 1.58. The van der Waals surface area contributed by atoms with Crippen molar-refractivity contribution in [3.8, 4) is 0 Å². The quantitative estimate of drug-likeness (QED) is 0.642. The van der Waals surface area contributed by atoms with Gasteiger partial charge in [0.1, 0.15) is 0 Å². The van der Waals surface area contributed by atoms with Crippen LogP contribution in [0.25, 0.3) is 0 Å². The number of piperidine rings is 2. The Hall–Kier alpha value is -0.0800. The van der Waals surface area contributed by atoms with Crippen molar-refractivity contribution in [2.45, 2.75) is 78.2 Å². The van der Waals surface area contributed by atoms with Crippen LogP contribution in [0.3, 0.4) is 0 Å². The Labute approximate surface area is 133 Å². The molecular weight excluding hydrogens is 256 g/mol. The van der Waals surface area contributed by atoms with E-state index in [1.807, 2.05) is 0 Å². The highest BCUT2D eigenvalue weighted by atomic mass is 15.2. The summed E-state index contributed by atoms with van der Waals surface area (Å²) in [5.74, 6) is 1.89. The summed E-state index contributed by atoms with van der Waals surface area (Å²) in [7, 11) is 0. The van der Waals surface area contributed by atoms with Gasteiger partial charge in [0, 0.05) is 6.04 Å². The van der Waals surface area contributed by atoms with Crippen LogP contribution in [-0.4, -0.2) is 48.6 Å². The molecule has 0 spiro atoms. The van der Waals surface area contributed by atoms with Gasteiger partial charge < -0.3 is 9.80 Å². The van der Waals surface area contributed by atoms with Gasteiger partial charge in [0.2, 0.25) is 0 Å². The molecule has 2 rings (SSSR count). The van der Waals surface area contributed by atoms with Crippen LogP contribution >= 0.6 is 0 Å². The third kappa shape index (κ3) is 5.90. The number of hydrogen-bond donors (Lipinski definition) is 0. The molecule has 0 aromatic carbocycles. The second kappa shape index (κ2) is 9.15. The lowest BCUT2D eigenvalue weighted by atomic mass is 9.92. The molecule has 21 heavy (non-hydrogen) atoms. The monoisotopic (exact) mass is 294 g/mol. The van der Waals surface area contributed by atoms with Crippen molar-refractivity contribution in [1.82, 2.24) is 9.80 Å². The molecule has 0 unspecified atom stereocenters. The van der Waals surface area contributed by atoms with Gasteiger partial charge in [-0.05, 0) is 76.7 Å². The van der Waals surface area contributed by atoms with E-state index in [1.54, 1.807) is 0 Å². The molecular formula is C19H38N2. The predicted octanol–water partition coefficient (Wildman–Crippen LogP) is 4.40. The van der Waals surface area contributed by atoms with E-state index >= 15 is 0 Å². The maximum Gasteiger partial charge on any atom is 0.0120 e. The predicted molar refractivity (Wildman–Crippen MR) is 92.7 cm³/mol. The molecule has 0 aliphatic carbocycles. The fraction of sp³-hybridized carbons (Fsp3) is 1.00. The molecule has 2 fully saturated rings. The van der Waals surface area contributed by atoms with Crippen LogP contribution in [0.2, 0.25) is 0 Å². The molecule has 0 bridgehead atoms. The Morgan fingerprint density at radius 3 is 2.14 bits per heavy atom. The van der Waals surface area contributed by atoms with E-state index < -0.39 is 0 Å². The van der Waals surface area contributed by atoms with Crippen molar-refractivity contribution in [1.29, 1.82) is 0 Å². The van der Waals surface area contributed by atoms with E-state index in [0.29, 0.717) is 0 Å². The van der Waals surface area contributed by atoms with Gasteiger partial charge in [0.05, 0.1) is 0 Å². The van der Waals surface area contributed by atoms with Crippen LogP contribution in [0.1, 0.15) is 72.1 Å². The Kier molecular flexibility index (Phi) is 7.53. The third-order valence-electron chi connectivity index (χ3n) is 5.81. The first-order valence-corrected chi connectivity index (χ1v) is 9.65. The summed E-state index contributed by atoms with van der Waals surface area (Å²) in [4.78, 5) is 5.53. The molecule has 2 nitrogen and oxygen atoms in total. The van der Waals surface area contributed by atoms with Crippen LogP contribution in [0.4, 0.5) is 0 Å². The average Bonchev–Trinajstić information content (AvgIpc) is 2.52. The number of hydrogen-bond acceptors (Lipinski definition) is 2. The minimum atomic E-state index is 0.877. The molecule has 0 radical (unpaired) electrons. The van der Waals surface area contributed by atoms with Crippen LogP contribution in [0.5, 0.6) is 0 Å². The van der Waals surface area contributed by atoms with E-state index in [4.69, 9.17) is 0 Å². The smallest absolute Gasteiger partial charge is 0.0120 e. The molecule has 2 heteroatoms. The van der Waals surface area contributed by atoms with Crippen LogP contribution in [0.15, 0.2) is 0 Å². The summed E-state index contributed by atoms with van der Waals surface area (Å²) in [6, 6.07) is 0.898. The average molecular weight is 295 g/mol. The fourth-order valence-corrected chi connectivity index (χ4v) is 4.12. The molecule has 0 atom stereocenters. The molecule has 2 heterocycles. The maximum absolute atomic E-state index is 2.81. The highest BCUT2D eigenvalue weighted by molar-refractivity contribution is 4.83. The van der Waals surface area contributed by atoms with Crippen LogP contribution in [0, 0.1) is 11.8 Å². The minimum Gasteiger partial charge on any atom is -0.303 e. The highest BCUT2D eigenvalue weighted by Gasteiger charge is 2.27. The lowest BCUT2D eigenvalue weighted by Gasteiger charge is -2.41. The summed E-state index contributed by atoms with van der Waals surface area (Å²) >= 11 is 0. The van der Waals surface area contributed by atoms with Gasteiger partial charge in [-0.1, -0.05) is 40.0 Å². The first-order chi connectivity index (χ1) is 10.2. The number of unbranched alkanes of at least 4 members (excludes halogenated alkanes) is 1. The topological polar surface area (TPSA) is 6.48 Å². The number of nitrogens with zero attached hydrogens (tertiary/aromatic N) is 2. The van der Waals surface area contributed by atoms with Gasteiger partial charge in [0.15, 0.2) is 0 Å². The molecule has 2 aliphatic rings. The molecule has 0 amide bonds. The Morgan fingerprint density at radius 1 is 0.905 bits per heavy atom. The number of rotatable bonds is 7. The second-order valence-corrected chi connectivity index (χ2v) is 7.85. The van der Waals surface area contributed by atoms with Crippen LogP contribution < -0.4 is 0 Å². The highest BCUT2D eigenvalue weighted by Crippen LogP contribution is 2.25. The zero-order valence-corrected chi connectivity index (χ0v) is 14.8. The van der Waals surface area contributed by atoms with Gasteiger partial charge in [0.25, 0.3) is 0 Å². The van der Waals surface area contributed by atoms with E-state index in [9.17, 15) is 0 Å². The third-order valence-corrected chi connectivity index (χ3v) is 5.81. The van der Waals surface area contributed by atoms with Gasteiger partial charge >= 0.3 is 0 Å². The Morgan fingerprint density at radius 2 is 1.57 bits per heavy atom. The molecule has 0 aromatic heterocycles. The molecule has 2 aliphatic heterocycles. The van der Waals surface area contributed by atoms with E-state index in [2.05, 4.69) is 30.6 Å². The van der Waals surface area contributed by atoms with Crippen molar-refractivity contribution >= 4 is 0 Å². The molecule has 0 aromatic rings. The first kappa shape index (κ1) is 17.3. The summed E-state index contributed by atoms with van der Waals surface area (Å²) in [6.45, 7) is 13.8. The normalized spacial score (nSPS) is 24.0. The first-order valence-electron chi connectivity index (χ1n) is 9.65. The summed E-state index contributed by atoms with van der Waals surface area (Å²) < 4.78 is 0. The summed E-state index contributed by atoms with van der Waals surface area (Å²) in [5, 5.41) is 0. The lowest BCUT2D eigenvalue weighted by molar-refractivity contribution is 0.0764. The van der Waals surface area contributed by atoms with Crippen molar-refractivity contribution in [3.05, 3.63) is 0 Å². The second-order valence-electron chi connectivity index (χ2n) is 7.85. The van der Waals surface area contributed by atoms with Gasteiger partial charge in [-0.15, -0.1) is 0 Å². The van der Waals surface area contributed by atoms with Crippen molar-refractivity contribution < 1.29 is 0 Å². The van der Waals surface area contributed by atoms with Gasteiger partial charge in [-0.2, -0.15) is 0 Å². The SMILES string of the molecule is CCC1CCN(C2CCN(CCCCC(C)C)CC2)CC1. The maximum atomic E-state index is 2.81. The molecule has 124 valence electrons. The van der Waals surface area contributed by atoms with E-state index in [-0.39, 0.29) is 0 Å². The summed E-state index contributed by atoms with van der Waals surface area (Å²) in [6.07, 6.45) is 11.4. The molecule has 0 N–H and O–H groups in total. The lowest BCUT2D eigenvalue weighted by Crippen LogP contribution is -2.47. The largest absolute Gasteiger partial charge is 0.303 e. The van der Waals surface area contributed by atoms with Gasteiger partial charge in [-0.3, -0.25) is 0 Å². The number of likely N-dealkylation sites (tertiary alicyclic amines) is 2. The zero-order valence-electron chi connectivity index (χ0n) is 14.8. The molecule has 0 saturated carbocycles. The van der Waals surface area contributed by atoms with Gasteiger partial charge in [-0.25, -0.2) is 0 Å². The molecule has 2 saturated heterocycles. The van der Waals surface area contributed by atoms with Crippen molar-refractivity contribution in [3.63, 3.8) is 0 Å². The van der Waals surface area contributed by atoms with Crippen LogP contribution in [-0.2, 0) is 0 Å². The minimum absolute atomic E-state index is 0.877. The van der Waals surface area contributed by atoms with Crippen molar-refractivity contribution in [2.24, 2.45) is 11.8 Å². The summed E-state index contributed by atoms with van der Waals surface area (Å²) in [5.41, 5.74) is 0. The fourth-order valence-electron chi connectivity index (χ4n) is 4.12. The zero-order chi connectivity index (χ0) is 15.1. The van der Waals surface area contributed by atoms with E-state index in [1.165, 1.54) is 84.1 Å². The Bertz CT molecular complexity index is 261.